The molecule has 1 aromatic heterocycles. The van der Waals surface area contributed by atoms with Gasteiger partial charge in [0.1, 0.15) is 5.75 Å². The van der Waals surface area contributed by atoms with Crippen LogP contribution < -0.4 is 15.4 Å². The fourth-order valence-electron chi connectivity index (χ4n) is 2.03. The van der Waals surface area contributed by atoms with Crippen LogP contribution in [-0.2, 0) is 13.1 Å². The molecule has 0 bridgehead atoms. The van der Waals surface area contributed by atoms with Crippen LogP contribution in [0.25, 0.3) is 0 Å². The van der Waals surface area contributed by atoms with E-state index in [2.05, 4.69) is 20.7 Å². The van der Waals surface area contributed by atoms with E-state index in [4.69, 9.17) is 4.74 Å². The van der Waals surface area contributed by atoms with Crippen molar-refractivity contribution in [2.75, 3.05) is 20.7 Å². The highest BCUT2D eigenvalue weighted by Crippen LogP contribution is 2.10. The first kappa shape index (κ1) is 15.9. The lowest BCUT2D eigenvalue weighted by molar-refractivity contribution is 0.414. The van der Waals surface area contributed by atoms with Crippen molar-refractivity contribution in [3.8, 4) is 5.75 Å². The van der Waals surface area contributed by atoms with E-state index in [1.165, 1.54) is 5.56 Å². The number of nitrogens with one attached hydrogen (secondary N) is 2. The molecule has 0 aliphatic rings. The largest absolute Gasteiger partial charge is 0.497 e. The van der Waals surface area contributed by atoms with Crippen LogP contribution in [0.15, 0.2) is 47.7 Å². The van der Waals surface area contributed by atoms with Gasteiger partial charge in [-0.1, -0.05) is 12.1 Å². The Labute approximate surface area is 131 Å². The fraction of sp³-hybridized carbons (Fsp3) is 0.375. The molecule has 0 amide bonds. The van der Waals surface area contributed by atoms with Crippen LogP contribution in [0.3, 0.4) is 0 Å². The zero-order chi connectivity index (χ0) is 15.6. The highest BCUT2D eigenvalue weighted by atomic mass is 16.5. The van der Waals surface area contributed by atoms with Crippen molar-refractivity contribution in [1.29, 1.82) is 0 Å². The first-order chi connectivity index (χ1) is 10.8. The average Bonchev–Trinajstić information content (AvgIpc) is 3.08. The lowest BCUT2D eigenvalue weighted by Crippen LogP contribution is -2.37. The fourth-order valence-corrected chi connectivity index (χ4v) is 2.03. The van der Waals surface area contributed by atoms with E-state index >= 15 is 0 Å². The standard InChI is InChI=1S/C16H23N5O/c1-17-16(18-9-3-11-21-12-4-10-20-21)19-13-14-5-7-15(22-2)8-6-14/h4-8,10,12H,3,9,11,13H2,1-2H3,(H2,17,18,19). The Morgan fingerprint density at radius 2 is 2.09 bits per heavy atom. The highest BCUT2D eigenvalue weighted by molar-refractivity contribution is 5.79. The minimum atomic E-state index is 0.725. The summed E-state index contributed by atoms with van der Waals surface area (Å²) in [6.07, 6.45) is 4.75. The number of ether oxygens (including phenoxy) is 1. The molecule has 22 heavy (non-hydrogen) atoms. The van der Waals surface area contributed by atoms with Gasteiger partial charge in [0, 0.05) is 39.1 Å². The summed E-state index contributed by atoms with van der Waals surface area (Å²) in [6, 6.07) is 9.92. The van der Waals surface area contributed by atoms with Crippen molar-refractivity contribution in [3.63, 3.8) is 0 Å². The van der Waals surface area contributed by atoms with Crippen molar-refractivity contribution in [3.05, 3.63) is 48.3 Å². The second-order valence-corrected chi connectivity index (χ2v) is 4.82. The first-order valence-corrected chi connectivity index (χ1v) is 7.36. The molecule has 6 nitrogen and oxygen atoms in total. The smallest absolute Gasteiger partial charge is 0.191 e. The van der Waals surface area contributed by atoms with Crippen molar-refractivity contribution < 1.29 is 4.74 Å². The average molecular weight is 301 g/mol. The van der Waals surface area contributed by atoms with Crippen molar-refractivity contribution in [2.45, 2.75) is 19.5 Å². The Morgan fingerprint density at radius 3 is 2.73 bits per heavy atom. The van der Waals surface area contributed by atoms with Gasteiger partial charge in [0.25, 0.3) is 0 Å². The number of rotatable bonds is 7. The summed E-state index contributed by atoms with van der Waals surface area (Å²) >= 11 is 0. The molecule has 0 atom stereocenters. The lowest BCUT2D eigenvalue weighted by atomic mass is 10.2. The second-order valence-electron chi connectivity index (χ2n) is 4.82. The summed E-state index contributed by atoms with van der Waals surface area (Å²) in [6.45, 7) is 2.47. The van der Waals surface area contributed by atoms with Crippen LogP contribution in [0.2, 0.25) is 0 Å². The van der Waals surface area contributed by atoms with Gasteiger partial charge >= 0.3 is 0 Å². The molecular formula is C16H23N5O. The molecular weight excluding hydrogens is 278 g/mol. The molecule has 2 rings (SSSR count). The molecule has 1 heterocycles. The molecule has 0 spiro atoms. The van der Waals surface area contributed by atoms with E-state index in [1.54, 1.807) is 20.4 Å². The van der Waals surface area contributed by atoms with Crippen molar-refractivity contribution >= 4 is 5.96 Å². The molecule has 0 unspecified atom stereocenters. The number of methoxy groups -OCH3 is 1. The zero-order valence-electron chi connectivity index (χ0n) is 13.1. The van der Waals surface area contributed by atoms with E-state index in [1.807, 2.05) is 41.2 Å². The maximum Gasteiger partial charge on any atom is 0.191 e. The number of hydrogen-bond acceptors (Lipinski definition) is 3. The summed E-state index contributed by atoms with van der Waals surface area (Å²) in [5, 5.41) is 10.8. The monoisotopic (exact) mass is 301 g/mol. The number of nitrogens with zero attached hydrogens (tertiary/aromatic N) is 3. The summed E-state index contributed by atoms with van der Waals surface area (Å²) in [5.41, 5.74) is 1.18. The molecule has 0 aliphatic heterocycles. The third-order valence-electron chi connectivity index (χ3n) is 3.26. The number of hydrogen-bond donors (Lipinski definition) is 2. The van der Waals surface area contributed by atoms with Gasteiger partial charge < -0.3 is 15.4 Å². The van der Waals surface area contributed by atoms with E-state index in [9.17, 15) is 0 Å². The predicted molar refractivity (Wildman–Crippen MR) is 88.0 cm³/mol. The van der Waals surface area contributed by atoms with Gasteiger partial charge in [0.2, 0.25) is 0 Å². The molecule has 0 radical (unpaired) electrons. The van der Waals surface area contributed by atoms with Crippen LogP contribution in [0.1, 0.15) is 12.0 Å². The summed E-state index contributed by atoms with van der Waals surface area (Å²) in [5.74, 6) is 1.67. The Balaban J connectivity index is 1.68. The van der Waals surface area contributed by atoms with E-state index in [0.29, 0.717) is 0 Å². The zero-order valence-corrected chi connectivity index (χ0v) is 13.1. The minimum Gasteiger partial charge on any atom is -0.497 e. The van der Waals surface area contributed by atoms with Crippen LogP contribution >= 0.6 is 0 Å². The SMILES string of the molecule is CN=C(NCCCn1cccn1)NCc1ccc(OC)cc1. The normalized spacial score (nSPS) is 11.3. The van der Waals surface area contributed by atoms with Crippen molar-refractivity contribution in [1.82, 2.24) is 20.4 Å². The highest BCUT2D eigenvalue weighted by Gasteiger charge is 1.99. The molecule has 6 heteroatoms. The number of aromatic nitrogens is 2. The topological polar surface area (TPSA) is 63.5 Å². The van der Waals surface area contributed by atoms with E-state index in [-0.39, 0.29) is 0 Å². The third-order valence-corrected chi connectivity index (χ3v) is 3.26. The second kappa shape index (κ2) is 8.71. The van der Waals surface area contributed by atoms with Gasteiger partial charge in [-0.15, -0.1) is 0 Å². The van der Waals surface area contributed by atoms with Crippen molar-refractivity contribution in [2.24, 2.45) is 4.99 Å². The number of guanidine groups is 1. The molecule has 118 valence electrons. The molecule has 0 fully saturated rings. The maximum absolute atomic E-state index is 5.15. The minimum absolute atomic E-state index is 0.725. The van der Waals surface area contributed by atoms with Crippen LogP contribution in [0.5, 0.6) is 5.75 Å². The summed E-state index contributed by atoms with van der Waals surface area (Å²) < 4.78 is 7.07. The van der Waals surface area contributed by atoms with E-state index in [0.717, 1.165) is 37.8 Å². The molecule has 2 N–H and O–H groups in total. The van der Waals surface area contributed by atoms with Crippen LogP contribution in [0, 0.1) is 0 Å². The van der Waals surface area contributed by atoms with Gasteiger partial charge in [0.05, 0.1) is 7.11 Å². The molecule has 0 aliphatic carbocycles. The van der Waals surface area contributed by atoms with Gasteiger partial charge in [-0.25, -0.2) is 0 Å². The summed E-state index contributed by atoms with van der Waals surface area (Å²) in [4.78, 5) is 4.22. The Morgan fingerprint density at radius 1 is 1.27 bits per heavy atom. The Hall–Kier alpha value is -2.50. The first-order valence-electron chi connectivity index (χ1n) is 7.36. The van der Waals surface area contributed by atoms with Gasteiger partial charge in [-0.05, 0) is 30.2 Å². The third kappa shape index (κ3) is 5.12. The summed E-state index contributed by atoms with van der Waals surface area (Å²) in [7, 11) is 3.44. The molecule has 2 aromatic rings. The van der Waals surface area contributed by atoms with Crippen LogP contribution in [0.4, 0.5) is 0 Å². The predicted octanol–water partition coefficient (Wildman–Crippen LogP) is 1.65. The quantitative estimate of drug-likeness (QED) is 0.464. The molecule has 0 saturated heterocycles. The maximum atomic E-state index is 5.15. The number of aryl methyl sites for hydroxylation is 1. The van der Waals surface area contributed by atoms with Gasteiger partial charge in [0.15, 0.2) is 5.96 Å². The van der Waals surface area contributed by atoms with Crippen LogP contribution in [-0.4, -0.2) is 36.4 Å². The van der Waals surface area contributed by atoms with Gasteiger partial charge in [-0.3, -0.25) is 9.67 Å². The molecule has 1 aromatic carbocycles. The number of benzene rings is 1. The Bertz CT molecular complexity index is 563. The molecule has 0 saturated carbocycles. The van der Waals surface area contributed by atoms with Gasteiger partial charge in [-0.2, -0.15) is 5.10 Å². The lowest BCUT2D eigenvalue weighted by Gasteiger charge is -2.12. The van der Waals surface area contributed by atoms with E-state index < -0.39 is 0 Å². The Kier molecular flexibility index (Phi) is 6.29. The number of aliphatic imine (C=N–C) groups is 1.